The number of para-hydroxylation sites is 2. The van der Waals surface area contributed by atoms with Crippen LogP contribution in [0.2, 0.25) is 0 Å². The van der Waals surface area contributed by atoms with E-state index in [9.17, 15) is 14.9 Å². The minimum atomic E-state index is -0.391. The van der Waals surface area contributed by atoms with E-state index in [-0.39, 0.29) is 17.6 Å². The Kier molecular flexibility index (Phi) is 7.46. The van der Waals surface area contributed by atoms with Crippen LogP contribution in [0.25, 0.3) is 17.0 Å². The number of thioether (sulfide) groups is 1. The lowest BCUT2D eigenvalue weighted by Gasteiger charge is -2.24. The molecule has 0 N–H and O–H groups in total. The average Bonchev–Trinajstić information content (AvgIpc) is 3.46. The molecule has 1 aliphatic heterocycles. The molecule has 0 saturated carbocycles. The lowest BCUT2D eigenvalue weighted by molar-refractivity contribution is -0.384. The van der Waals surface area contributed by atoms with Gasteiger partial charge in [-0.2, -0.15) is 0 Å². The maximum absolute atomic E-state index is 14.1. The van der Waals surface area contributed by atoms with Crippen LogP contribution in [0.4, 0.5) is 11.4 Å². The van der Waals surface area contributed by atoms with Gasteiger partial charge in [0, 0.05) is 40.8 Å². The van der Waals surface area contributed by atoms with Crippen molar-refractivity contribution in [1.29, 1.82) is 0 Å². The molecule has 1 fully saturated rings. The molecule has 4 aromatic carbocycles. The Labute approximate surface area is 248 Å². The number of aromatic nitrogens is 1. The van der Waals surface area contributed by atoms with E-state index in [1.54, 1.807) is 17.0 Å². The van der Waals surface area contributed by atoms with Crippen LogP contribution in [-0.2, 0) is 11.3 Å². The van der Waals surface area contributed by atoms with Crippen molar-refractivity contribution in [3.05, 3.63) is 147 Å². The number of non-ortho nitro benzene ring substituents is 1. The molecule has 1 amide bonds. The SMILES string of the molecule is Cc1c(/C=C2/SC(=Nc3ccccc3)N([C@@H](C)c3ccccc3)C2=O)c2ccccc2n1Cc1ccc([N+](=O)[O-])cc1. The van der Waals surface area contributed by atoms with Gasteiger partial charge in [-0.1, -0.05) is 78.9 Å². The second-order valence-corrected chi connectivity index (χ2v) is 11.1. The summed E-state index contributed by atoms with van der Waals surface area (Å²) in [5.74, 6) is -0.0855. The normalized spacial score (nSPS) is 16.0. The molecule has 0 bridgehead atoms. The summed E-state index contributed by atoms with van der Waals surface area (Å²) in [6.45, 7) is 4.62. The quantitative estimate of drug-likeness (QED) is 0.112. The number of amidine groups is 1. The van der Waals surface area contributed by atoms with Crippen molar-refractivity contribution >= 4 is 51.2 Å². The Morgan fingerprint density at radius 2 is 1.55 bits per heavy atom. The standard InChI is InChI=1S/C34H28N4O3S/c1-23(26-11-5-3-6-12-26)37-33(39)32(42-34(37)35-27-13-7-4-8-14-27)21-30-24(2)36(31-16-10-9-15-29(30)31)22-25-17-19-28(20-18-25)38(40)41/h3-21,23H,22H2,1-2H3/b32-21+,35-34?/t23-/m0/s1. The zero-order valence-corrected chi connectivity index (χ0v) is 24.0. The van der Waals surface area contributed by atoms with Crippen molar-refractivity contribution < 1.29 is 9.72 Å². The number of nitro benzene ring substituents is 1. The number of carbonyl (C=O) groups is 1. The summed E-state index contributed by atoms with van der Waals surface area (Å²) < 4.78 is 2.19. The number of carbonyl (C=O) groups excluding carboxylic acids is 1. The van der Waals surface area contributed by atoms with Gasteiger partial charge in [0.15, 0.2) is 5.17 Å². The Morgan fingerprint density at radius 1 is 0.905 bits per heavy atom. The first kappa shape index (κ1) is 27.2. The van der Waals surface area contributed by atoms with Crippen LogP contribution in [0.3, 0.4) is 0 Å². The average molecular weight is 573 g/mol. The number of hydrogen-bond acceptors (Lipinski definition) is 5. The zero-order chi connectivity index (χ0) is 29.2. The second kappa shape index (κ2) is 11.5. The fraction of sp³-hybridized carbons (Fsp3) is 0.118. The van der Waals surface area contributed by atoms with Gasteiger partial charge in [0.1, 0.15) is 0 Å². The minimum absolute atomic E-state index is 0.0669. The lowest BCUT2D eigenvalue weighted by atomic mass is 10.1. The summed E-state index contributed by atoms with van der Waals surface area (Å²) in [5.41, 5.74) is 5.85. The number of aliphatic imine (C=N–C) groups is 1. The Morgan fingerprint density at radius 3 is 2.24 bits per heavy atom. The summed E-state index contributed by atoms with van der Waals surface area (Å²) in [4.78, 5) is 32.1. The Balaban J connectivity index is 1.42. The summed E-state index contributed by atoms with van der Waals surface area (Å²) >= 11 is 1.39. The highest BCUT2D eigenvalue weighted by molar-refractivity contribution is 8.18. The molecule has 0 unspecified atom stereocenters. The third-order valence-corrected chi connectivity index (χ3v) is 8.51. The fourth-order valence-corrected chi connectivity index (χ4v) is 6.33. The third kappa shape index (κ3) is 5.24. The number of amides is 1. The smallest absolute Gasteiger partial charge is 0.269 e. The number of nitro groups is 1. The van der Waals surface area contributed by atoms with Crippen LogP contribution >= 0.6 is 11.8 Å². The number of fused-ring (bicyclic) bond motifs is 1. The topological polar surface area (TPSA) is 80.7 Å². The molecule has 1 aliphatic rings. The van der Waals surface area contributed by atoms with Crippen LogP contribution in [0.1, 0.15) is 35.3 Å². The van der Waals surface area contributed by atoms with Gasteiger partial charge in [-0.05, 0) is 61.0 Å². The van der Waals surface area contributed by atoms with Crippen molar-refractivity contribution in [2.24, 2.45) is 4.99 Å². The number of hydrogen-bond donors (Lipinski definition) is 0. The molecule has 7 nitrogen and oxygen atoms in total. The molecule has 2 heterocycles. The monoisotopic (exact) mass is 572 g/mol. The molecular formula is C34H28N4O3S. The van der Waals surface area contributed by atoms with Crippen molar-refractivity contribution in [3.8, 4) is 0 Å². The van der Waals surface area contributed by atoms with Gasteiger partial charge in [0.05, 0.1) is 21.6 Å². The Bertz CT molecular complexity index is 1850. The van der Waals surface area contributed by atoms with Crippen LogP contribution < -0.4 is 0 Å². The molecule has 8 heteroatoms. The molecule has 208 valence electrons. The molecule has 1 aromatic heterocycles. The first-order valence-corrected chi connectivity index (χ1v) is 14.5. The van der Waals surface area contributed by atoms with E-state index in [0.717, 1.165) is 39.0 Å². The molecule has 0 spiro atoms. The van der Waals surface area contributed by atoms with Crippen molar-refractivity contribution in [1.82, 2.24) is 9.47 Å². The minimum Gasteiger partial charge on any atom is -0.340 e. The first-order chi connectivity index (χ1) is 20.4. The van der Waals surface area contributed by atoms with Gasteiger partial charge < -0.3 is 4.57 Å². The van der Waals surface area contributed by atoms with Gasteiger partial charge in [-0.15, -0.1) is 0 Å². The molecule has 5 aromatic rings. The highest BCUT2D eigenvalue weighted by atomic mass is 32.2. The first-order valence-electron chi connectivity index (χ1n) is 13.6. The second-order valence-electron chi connectivity index (χ2n) is 10.1. The summed E-state index contributed by atoms with van der Waals surface area (Å²) in [6.07, 6.45) is 1.98. The summed E-state index contributed by atoms with van der Waals surface area (Å²) in [5, 5.41) is 12.8. The van der Waals surface area contributed by atoms with Crippen LogP contribution in [-0.4, -0.2) is 25.5 Å². The van der Waals surface area contributed by atoms with Crippen LogP contribution in [0, 0.1) is 17.0 Å². The number of benzene rings is 4. The van der Waals surface area contributed by atoms with Gasteiger partial charge in [-0.3, -0.25) is 19.8 Å². The maximum atomic E-state index is 14.1. The van der Waals surface area contributed by atoms with Crippen molar-refractivity contribution in [3.63, 3.8) is 0 Å². The van der Waals surface area contributed by atoms with E-state index in [4.69, 9.17) is 4.99 Å². The molecule has 6 rings (SSSR count). The van der Waals surface area contributed by atoms with E-state index in [1.165, 1.54) is 23.9 Å². The van der Waals surface area contributed by atoms with E-state index < -0.39 is 4.92 Å². The van der Waals surface area contributed by atoms with Crippen LogP contribution in [0.5, 0.6) is 0 Å². The fourth-order valence-electron chi connectivity index (χ4n) is 5.28. The predicted molar refractivity (Wildman–Crippen MR) is 170 cm³/mol. The number of rotatable bonds is 7. The summed E-state index contributed by atoms with van der Waals surface area (Å²) in [7, 11) is 0. The highest BCUT2D eigenvalue weighted by Crippen LogP contribution is 2.40. The zero-order valence-electron chi connectivity index (χ0n) is 23.2. The highest BCUT2D eigenvalue weighted by Gasteiger charge is 2.37. The van der Waals surface area contributed by atoms with E-state index in [0.29, 0.717) is 16.6 Å². The van der Waals surface area contributed by atoms with E-state index in [1.807, 2.05) is 92.7 Å². The molecule has 1 atom stereocenters. The third-order valence-electron chi connectivity index (χ3n) is 7.53. The van der Waals surface area contributed by atoms with Gasteiger partial charge in [-0.25, -0.2) is 4.99 Å². The molecular weight excluding hydrogens is 544 g/mol. The molecule has 0 aliphatic carbocycles. The lowest BCUT2D eigenvalue weighted by Crippen LogP contribution is -2.32. The van der Waals surface area contributed by atoms with Gasteiger partial charge in [0.25, 0.3) is 11.6 Å². The predicted octanol–water partition coefficient (Wildman–Crippen LogP) is 8.27. The van der Waals surface area contributed by atoms with Gasteiger partial charge >= 0.3 is 0 Å². The summed E-state index contributed by atoms with van der Waals surface area (Å²) in [6, 6.07) is 34.2. The molecule has 42 heavy (non-hydrogen) atoms. The Hall–Kier alpha value is -4.95. The molecule has 1 saturated heterocycles. The van der Waals surface area contributed by atoms with Crippen molar-refractivity contribution in [2.75, 3.05) is 0 Å². The van der Waals surface area contributed by atoms with E-state index >= 15 is 0 Å². The number of nitrogens with zero attached hydrogens (tertiary/aromatic N) is 4. The van der Waals surface area contributed by atoms with Crippen molar-refractivity contribution in [2.45, 2.75) is 26.4 Å². The van der Waals surface area contributed by atoms with Gasteiger partial charge in [0.2, 0.25) is 0 Å². The van der Waals surface area contributed by atoms with E-state index in [2.05, 4.69) is 16.7 Å². The van der Waals surface area contributed by atoms with Crippen LogP contribution in [0.15, 0.2) is 119 Å². The largest absolute Gasteiger partial charge is 0.340 e. The maximum Gasteiger partial charge on any atom is 0.269 e. The molecule has 0 radical (unpaired) electrons.